The molecule has 0 saturated heterocycles. The van der Waals surface area contributed by atoms with E-state index in [4.69, 9.17) is 4.42 Å². The molecule has 0 aliphatic rings. The minimum Gasteiger partial charge on any atom is -0.481 e. The number of unbranched alkanes of at least 4 members (excludes halogenated alkanes) is 2. The Morgan fingerprint density at radius 3 is 2.62 bits per heavy atom. The standard InChI is InChI=1S/C17H21NO3/c1-3-4-6-11-14-18-15(13-9-7-5-8-10-13)16(21-14)12(2)17(19)20/h5,7-10,12H,3-4,6,11H2,1-2H3,(H,19,20). The fourth-order valence-electron chi connectivity index (χ4n) is 2.22. The second-order valence-corrected chi connectivity index (χ2v) is 5.20. The summed E-state index contributed by atoms with van der Waals surface area (Å²) >= 11 is 0. The van der Waals surface area contributed by atoms with Crippen LogP contribution in [-0.4, -0.2) is 16.1 Å². The number of nitrogens with zero attached hydrogens (tertiary/aromatic N) is 1. The van der Waals surface area contributed by atoms with E-state index in [1.54, 1.807) is 6.92 Å². The lowest BCUT2D eigenvalue weighted by atomic mass is 10.0. The fourth-order valence-corrected chi connectivity index (χ4v) is 2.22. The lowest BCUT2D eigenvalue weighted by Gasteiger charge is -2.04. The third-order valence-electron chi connectivity index (χ3n) is 3.50. The highest BCUT2D eigenvalue weighted by molar-refractivity contribution is 5.78. The van der Waals surface area contributed by atoms with Gasteiger partial charge in [-0.25, -0.2) is 4.98 Å². The number of aromatic nitrogens is 1. The van der Waals surface area contributed by atoms with Crippen LogP contribution in [0.2, 0.25) is 0 Å². The van der Waals surface area contributed by atoms with E-state index in [-0.39, 0.29) is 0 Å². The van der Waals surface area contributed by atoms with E-state index in [0.29, 0.717) is 17.3 Å². The van der Waals surface area contributed by atoms with E-state index in [2.05, 4.69) is 11.9 Å². The summed E-state index contributed by atoms with van der Waals surface area (Å²) in [7, 11) is 0. The zero-order valence-corrected chi connectivity index (χ0v) is 12.5. The molecule has 0 spiro atoms. The van der Waals surface area contributed by atoms with Crippen LogP contribution in [0.3, 0.4) is 0 Å². The quantitative estimate of drug-likeness (QED) is 0.773. The third kappa shape index (κ3) is 3.72. The largest absolute Gasteiger partial charge is 0.481 e. The number of aliphatic carboxylic acids is 1. The predicted octanol–water partition coefficient (Wildman–Crippen LogP) is 4.26. The van der Waals surface area contributed by atoms with Crippen molar-refractivity contribution in [1.82, 2.24) is 4.98 Å². The topological polar surface area (TPSA) is 63.3 Å². The first kappa shape index (κ1) is 15.3. The van der Waals surface area contributed by atoms with Crippen LogP contribution in [0.15, 0.2) is 34.7 Å². The molecule has 2 aromatic rings. The number of rotatable bonds is 7. The second kappa shape index (κ2) is 7.07. The molecule has 21 heavy (non-hydrogen) atoms. The van der Waals surface area contributed by atoms with E-state index in [1.807, 2.05) is 30.3 Å². The Hall–Kier alpha value is -2.10. The molecule has 112 valence electrons. The van der Waals surface area contributed by atoms with Gasteiger partial charge in [-0.15, -0.1) is 0 Å². The average Bonchev–Trinajstić information content (AvgIpc) is 2.91. The van der Waals surface area contributed by atoms with E-state index >= 15 is 0 Å². The van der Waals surface area contributed by atoms with Crippen LogP contribution in [0.25, 0.3) is 11.3 Å². The van der Waals surface area contributed by atoms with Crippen molar-refractivity contribution in [2.45, 2.75) is 45.4 Å². The van der Waals surface area contributed by atoms with Crippen molar-refractivity contribution in [2.75, 3.05) is 0 Å². The number of oxazole rings is 1. The van der Waals surface area contributed by atoms with Gasteiger partial charge in [-0.2, -0.15) is 0 Å². The van der Waals surface area contributed by atoms with E-state index in [1.165, 1.54) is 0 Å². The lowest BCUT2D eigenvalue weighted by Crippen LogP contribution is -2.07. The minimum absolute atomic E-state index is 0.445. The van der Waals surface area contributed by atoms with Gasteiger partial charge >= 0.3 is 5.97 Å². The molecule has 4 nitrogen and oxygen atoms in total. The van der Waals surface area contributed by atoms with Crippen LogP contribution in [0, 0.1) is 0 Å². The molecule has 1 N–H and O–H groups in total. The van der Waals surface area contributed by atoms with Gasteiger partial charge in [-0.1, -0.05) is 50.1 Å². The number of aryl methyl sites for hydroxylation is 1. The number of carboxylic acids is 1. The first-order valence-electron chi connectivity index (χ1n) is 7.41. The normalized spacial score (nSPS) is 12.3. The SMILES string of the molecule is CCCCCc1nc(-c2ccccc2)c(C(C)C(=O)O)o1. The number of carbonyl (C=O) groups is 1. The van der Waals surface area contributed by atoms with Crippen molar-refractivity contribution in [3.05, 3.63) is 42.0 Å². The molecular formula is C17H21NO3. The van der Waals surface area contributed by atoms with Crippen molar-refractivity contribution in [3.8, 4) is 11.3 Å². The van der Waals surface area contributed by atoms with Gasteiger partial charge in [0.2, 0.25) is 0 Å². The zero-order valence-electron chi connectivity index (χ0n) is 12.5. The molecule has 0 aliphatic carbocycles. The smallest absolute Gasteiger partial charge is 0.314 e. The maximum atomic E-state index is 11.3. The summed E-state index contributed by atoms with van der Waals surface area (Å²) in [5.74, 6) is -0.526. The van der Waals surface area contributed by atoms with Crippen LogP contribution in [0.4, 0.5) is 0 Å². The average molecular weight is 287 g/mol. The number of hydrogen-bond acceptors (Lipinski definition) is 3. The monoisotopic (exact) mass is 287 g/mol. The van der Waals surface area contributed by atoms with Gasteiger partial charge in [0.1, 0.15) is 17.4 Å². The minimum atomic E-state index is -0.900. The van der Waals surface area contributed by atoms with E-state index in [9.17, 15) is 9.90 Å². The van der Waals surface area contributed by atoms with E-state index < -0.39 is 11.9 Å². The number of hydrogen-bond donors (Lipinski definition) is 1. The van der Waals surface area contributed by atoms with Crippen LogP contribution in [0.1, 0.15) is 50.7 Å². The van der Waals surface area contributed by atoms with Gasteiger partial charge in [0.25, 0.3) is 0 Å². The molecule has 4 heteroatoms. The molecule has 2 rings (SSSR count). The van der Waals surface area contributed by atoms with Gasteiger partial charge in [0.05, 0.1) is 0 Å². The molecule has 1 aromatic heterocycles. The highest BCUT2D eigenvalue weighted by Crippen LogP contribution is 2.30. The highest BCUT2D eigenvalue weighted by Gasteiger charge is 2.25. The summed E-state index contributed by atoms with van der Waals surface area (Å²) in [6, 6.07) is 9.59. The van der Waals surface area contributed by atoms with Crippen molar-refractivity contribution in [3.63, 3.8) is 0 Å². The molecule has 0 bridgehead atoms. The number of carboxylic acid groups (broad SMARTS) is 1. The van der Waals surface area contributed by atoms with Gasteiger partial charge in [0.15, 0.2) is 5.89 Å². The second-order valence-electron chi connectivity index (χ2n) is 5.20. The Morgan fingerprint density at radius 1 is 1.29 bits per heavy atom. The molecule has 0 amide bonds. The summed E-state index contributed by atoms with van der Waals surface area (Å²) < 4.78 is 5.75. The third-order valence-corrected chi connectivity index (χ3v) is 3.50. The van der Waals surface area contributed by atoms with Gasteiger partial charge in [-0.3, -0.25) is 4.79 Å². The van der Waals surface area contributed by atoms with Crippen molar-refractivity contribution >= 4 is 5.97 Å². The predicted molar refractivity (Wildman–Crippen MR) is 81.2 cm³/mol. The molecule has 0 fully saturated rings. The first-order chi connectivity index (χ1) is 10.1. The van der Waals surface area contributed by atoms with Gasteiger partial charge in [0, 0.05) is 12.0 Å². The van der Waals surface area contributed by atoms with Gasteiger partial charge < -0.3 is 9.52 Å². The highest BCUT2D eigenvalue weighted by atomic mass is 16.4. The van der Waals surface area contributed by atoms with Crippen LogP contribution < -0.4 is 0 Å². The maximum absolute atomic E-state index is 11.3. The molecule has 0 radical (unpaired) electrons. The summed E-state index contributed by atoms with van der Waals surface area (Å²) in [5.41, 5.74) is 1.54. The summed E-state index contributed by atoms with van der Waals surface area (Å²) in [6.45, 7) is 3.77. The van der Waals surface area contributed by atoms with Crippen LogP contribution in [0.5, 0.6) is 0 Å². The Labute approximate surface area is 124 Å². The summed E-state index contributed by atoms with van der Waals surface area (Å²) in [5, 5.41) is 9.24. The molecule has 0 saturated carbocycles. The van der Waals surface area contributed by atoms with Crippen LogP contribution >= 0.6 is 0 Å². The Kier molecular flexibility index (Phi) is 5.14. The number of benzene rings is 1. The van der Waals surface area contributed by atoms with Crippen molar-refractivity contribution in [2.24, 2.45) is 0 Å². The Morgan fingerprint density at radius 2 is 2.00 bits per heavy atom. The van der Waals surface area contributed by atoms with Gasteiger partial charge in [-0.05, 0) is 13.3 Å². The van der Waals surface area contributed by atoms with Crippen molar-refractivity contribution < 1.29 is 14.3 Å². The maximum Gasteiger partial charge on any atom is 0.314 e. The molecule has 1 aromatic carbocycles. The summed E-state index contributed by atoms with van der Waals surface area (Å²) in [4.78, 5) is 15.8. The lowest BCUT2D eigenvalue weighted by molar-refractivity contribution is -0.138. The Bertz CT molecular complexity index is 589. The van der Waals surface area contributed by atoms with Crippen molar-refractivity contribution in [1.29, 1.82) is 0 Å². The molecule has 1 unspecified atom stereocenters. The molecule has 1 heterocycles. The van der Waals surface area contributed by atoms with Crippen LogP contribution in [-0.2, 0) is 11.2 Å². The Balaban J connectivity index is 2.34. The molecular weight excluding hydrogens is 266 g/mol. The molecule has 1 atom stereocenters. The molecule has 0 aliphatic heterocycles. The summed E-state index contributed by atoms with van der Waals surface area (Å²) in [6.07, 6.45) is 4.00. The fraction of sp³-hybridized carbons (Fsp3) is 0.412. The first-order valence-corrected chi connectivity index (χ1v) is 7.41. The van der Waals surface area contributed by atoms with E-state index in [0.717, 1.165) is 31.2 Å². The zero-order chi connectivity index (χ0) is 15.2.